The molecule has 3 heteroatoms. The molecule has 0 aromatic heterocycles. The Morgan fingerprint density at radius 2 is 1.83 bits per heavy atom. The summed E-state index contributed by atoms with van der Waals surface area (Å²) in [6.45, 7) is 9.21. The van der Waals surface area contributed by atoms with Gasteiger partial charge in [-0.2, -0.15) is 0 Å². The Morgan fingerprint density at radius 3 is 2.47 bits per heavy atom. The Bertz CT molecular complexity index is 773. The second kappa shape index (κ2) is 10.4. The number of carbonyl (C=O) groups excluding carboxylic acids is 1. The van der Waals surface area contributed by atoms with E-state index in [2.05, 4.69) is 50.0 Å². The third-order valence-corrected chi connectivity index (χ3v) is 7.19. The summed E-state index contributed by atoms with van der Waals surface area (Å²) in [4.78, 5) is 16.6. The molecule has 0 amide bonds. The minimum atomic E-state index is -0.159. The van der Waals surface area contributed by atoms with Crippen molar-refractivity contribution >= 4 is 12.2 Å². The van der Waals surface area contributed by atoms with E-state index in [4.69, 9.17) is 4.74 Å². The van der Waals surface area contributed by atoms with Crippen molar-refractivity contribution in [2.75, 3.05) is 6.61 Å². The molecule has 0 spiro atoms. The molecule has 1 heterocycles. The van der Waals surface area contributed by atoms with Crippen molar-refractivity contribution in [1.82, 2.24) is 0 Å². The molecule has 1 aliphatic heterocycles. The molecule has 1 aliphatic carbocycles. The first kappa shape index (κ1) is 22.8. The van der Waals surface area contributed by atoms with Crippen molar-refractivity contribution in [2.45, 2.75) is 90.9 Å². The molecule has 1 saturated carbocycles. The molecule has 30 heavy (non-hydrogen) atoms. The summed E-state index contributed by atoms with van der Waals surface area (Å²) in [7, 11) is 0. The fourth-order valence-corrected chi connectivity index (χ4v) is 4.68. The maximum absolute atomic E-state index is 11.9. The van der Waals surface area contributed by atoms with Crippen LogP contribution in [0.25, 0.3) is 0 Å². The molecule has 0 saturated heterocycles. The fourth-order valence-electron chi connectivity index (χ4n) is 4.68. The number of rotatable bonds is 6. The normalized spacial score (nSPS) is 25.1. The standard InChI is InChI=1S/C27H39NO2/c1-5-27(3,4)24-15-11-21(12-16-24)18-20-8-7-9-22(13-10-20)25-17-14-23(19-28-25)26(29)30-6-2/h11-12,15-16,19-20,23H,5-10,13-14,17-18H2,1-4H3/b25-22+. The van der Waals surface area contributed by atoms with Gasteiger partial charge in [-0.25, -0.2) is 0 Å². The van der Waals surface area contributed by atoms with Gasteiger partial charge in [0, 0.05) is 11.9 Å². The van der Waals surface area contributed by atoms with E-state index < -0.39 is 0 Å². The van der Waals surface area contributed by atoms with Crippen LogP contribution in [-0.2, 0) is 21.4 Å². The second-order valence-electron chi connectivity index (χ2n) is 9.66. The average molecular weight is 410 g/mol. The first-order valence-corrected chi connectivity index (χ1v) is 11.9. The zero-order valence-electron chi connectivity index (χ0n) is 19.4. The van der Waals surface area contributed by atoms with Crippen LogP contribution in [0.4, 0.5) is 0 Å². The third kappa shape index (κ3) is 5.83. The Kier molecular flexibility index (Phi) is 7.91. The van der Waals surface area contributed by atoms with Gasteiger partial charge in [-0.15, -0.1) is 0 Å². The van der Waals surface area contributed by atoms with Crippen molar-refractivity contribution in [1.29, 1.82) is 0 Å². The first-order chi connectivity index (χ1) is 14.4. The maximum Gasteiger partial charge on any atom is 0.314 e. The number of carbonyl (C=O) groups is 1. The van der Waals surface area contributed by atoms with E-state index in [1.807, 2.05) is 13.1 Å². The van der Waals surface area contributed by atoms with E-state index >= 15 is 0 Å². The number of nitrogens with zero attached hydrogens (tertiary/aromatic N) is 1. The van der Waals surface area contributed by atoms with Crippen LogP contribution in [-0.4, -0.2) is 18.8 Å². The van der Waals surface area contributed by atoms with Crippen molar-refractivity contribution < 1.29 is 9.53 Å². The highest BCUT2D eigenvalue weighted by molar-refractivity contribution is 5.90. The molecule has 164 valence electrons. The first-order valence-electron chi connectivity index (χ1n) is 11.9. The average Bonchev–Trinajstić information content (AvgIpc) is 3.00. The predicted octanol–water partition coefficient (Wildman–Crippen LogP) is 6.80. The fraction of sp³-hybridized carbons (Fsp3) is 0.630. The molecule has 1 fully saturated rings. The van der Waals surface area contributed by atoms with Crippen LogP contribution in [0.1, 0.15) is 90.2 Å². The van der Waals surface area contributed by atoms with Crippen molar-refractivity contribution in [3.05, 3.63) is 46.7 Å². The van der Waals surface area contributed by atoms with Crippen LogP contribution < -0.4 is 0 Å². The smallest absolute Gasteiger partial charge is 0.314 e. The molecule has 0 N–H and O–H groups in total. The van der Waals surface area contributed by atoms with Gasteiger partial charge in [0.2, 0.25) is 0 Å². The number of aliphatic imine (C=N–C) groups is 1. The lowest BCUT2D eigenvalue weighted by Crippen LogP contribution is -2.21. The molecule has 2 atom stereocenters. The summed E-state index contributed by atoms with van der Waals surface area (Å²) in [6, 6.07) is 9.36. The van der Waals surface area contributed by atoms with Gasteiger partial charge in [-0.3, -0.25) is 9.79 Å². The minimum Gasteiger partial charge on any atom is -0.465 e. The molecular weight excluding hydrogens is 370 g/mol. The number of esters is 1. The monoisotopic (exact) mass is 409 g/mol. The summed E-state index contributed by atoms with van der Waals surface area (Å²) in [5.41, 5.74) is 5.94. The lowest BCUT2D eigenvalue weighted by molar-refractivity contribution is -0.145. The van der Waals surface area contributed by atoms with E-state index in [0.717, 1.165) is 38.0 Å². The molecule has 1 aromatic carbocycles. The van der Waals surface area contributed by atoms with Gasteiger partial charge in [0.05, 0.1) is 12.5 Å². The van der Waals surface area contributed by atoms with Crippen molar-refractivity contribution in [2.24, 2.45) is 16.8 Å². The highest BCUT2D eigenvalue weighted by atomic mass is 16.5. The predicted molar refractivity (Wildman–Crippen MR) is 125 cm³/mol. The zero-order chi connectivity index (χ0) is 21.6. The van der Waals surface area contributed by atoms with E-state index in [9.17, 15) is 4.79 Å². The molecule has 3 rings (SSSR count). The van der Waals surface area contributed by atoms with Crippen molar-refractivity contribution in [3.8, 4) is 0 Å². The summed E-state index contributed by atoms with van der Waals surface area (Å²) in [6.07, 6.45) is 12.0. The van der Waals surface area contributed by atoms with Gasteiger partial charge in [0.1, 0.15) is 0 Å². The summed E-state index contributed by atoms with van der Waals surface area (Å²) in [5.74, 6) is 0.473. The number of allylic oxidation sites excluding steroid dienone is 2. The molecule has 0 radical (unpaired) electrons. The Labute approximate surface area is 183 Å². The Hall–Kier alpha value is -1.90. The van der Waals surface area contributed by atoms with Gasteiger partial charge in [-0.05, 0) is 92.7 Å². The summed E-state index contributed by atoms with van der Waals surface area (Å²) >= 11 is 0. The van der Waals surface area contributed by atoms with E-state index in [-0.39, 0.29) is 17.3 Å². The lowest BCUT2D eigenvalue weighted by Gasteiger charge is -2.23. The SMILES string of the molecule is CCOC(=O)C1C=N/C(=C2\CCCC(Cc3ccc(C(C)(C)CC)cc3)CC2)CC1. The highest BCUT2D eigenvalue weighted by Gasteiger charge is 2.24. The number of benzene rings is 1. The van der Waals surface area contributed by atoms with Gasteiger partial charge in [0.25, 0.3) is 0 Å². The second-order valence-corrected chi connectivity index (χ2v) is 9.66. The summed E-state index contributed by atoms with van der Waals surface area (Å²) < 4.78 is 5.14. The van der Waals surface area contributed by atoms with Gasteiger partial charge in [0.15, 0.2) is 0 Å². The Morgan fingerprint density at radius 1 is 1.07 bits per heavy atom. The van der Waals surface area contributed by atoms with Crippen molar-refractivity contribution in [3.63, 3.8) is 0 Å². The van der Waals surface area contributed by atoms with Crippen LogP contribution >= 0.6 is 0 Å². The van der Waals surface area contributed by atoms with Crippen LogP contribution in [0.3, 0.4) is 0 Å². The van der Waals surface area contributed by atoms with Crippen LogP contribution in [0.15, 0.2) is 40.5 Å². The highest BCUT2D eigenvalue weighted by Crippen LogP contribution is 2.34. The molecule has 3 nitrogen and oxygen atoms in total. The topological polar surface area (TPSA) is 38.7 Å². The van der Waals surface area contributed by atoms with E-state index in [0.29, 0.717) is 6.61 Å². The third-order valence-electron chi connectivity index (χ3n) is 7.19. The number of ether oxygens (including phenoxy) is 1. The van der Waals surface area contributed by atoms with Crippen LogP contribution in [0, 0.1) is 11.8 Å². The molecular formula is C27H39NO2. The molecule has 0 bridgehead atoms. The quantitative estimate of drug-likeness (QED) is 0.383. The number of hydrogen-bond acceptors (Lipinski definition) is 3. The molecule has 2 aliphatic rings. The van der Waals surface area contributed by atoms with Gasteiger partial charge >= 0.3 is 5.97 Å². The van der Waals surface area contributed by atoms with Crippen LogP contribution in [0.2, 0.25) is 0 Å². The van der Waals surface area contributed by atoms with E-state index in [1.54, 1.807) is 0 Å². The molecule has 2 unspecified atom stereocenters. The largest absolute Gasteiger partial charge is 0.465 e. The zero-order valence-corrected chi connectivity index (χ0v) is 19.4. The summed E-state index contributed by atoms with van der Waals surface area (Å²) in [5, 5.41) is 0. The molecule has 1 aromatic rings. The van der Waals surface area contributed by atoms with E-state index in [1.165, 1.54) is 48.1 Å². The Balaban J connectivity index is 1.57. The lowest BCUT2D eigenvalue weighted by atomic mass is 9.81. The van der Waals surface area contributed by atoms with Gasteiger partial charge < -0.3 is 4.74 Å². The van der Waals surface area contributed by atoms with Crippen LogP contribution in [0.5, 0.6) is 0 Å². The van der Waals surface area contributed by atoms with Gasteiger partial charge in [-0.1, -0.05) is 45.0 Å². The maximum atomic E-state index is 11.9. The number of hydrogen-bond donors (Lipinski definition) is 0. The minimum absolute atomic E-state index is 0.125.